The summed E-state index contributed by atoms with van der Waals surface area (Å²) in [5, 5.41) is 0. The molecule has 0 saturated carbocycles. The number of aryl methyl sites for hydroxylation is 1. The minimum absolute atomic E-state index is 0.521. The van der Waals surface area contributed by atoms with Crippen LogP contribution in [0.2, 0.25) is 0 Å². The third-order valence-electron chi connectivity index (χ3n) is 0.888. The van der Waals surface area contributed by atoms with E-state index in [1.54, 1.807) is 6.07 Å². The quantitative estimate of drug-likeness (QED) is 0.637. The van der Waals surface area contributed by atoms with E-state index in [-0.39, 0.29) is 0 Å². The van der Waals surface area contributed by atoms with Crippen LogP contribution in [-0.2, 0) is 11.1 Å². The highest BCUT2D eigenvalue weighted by Crippen LogP contribution is 2.17. The van der Waals surface area contributed by atoms with E-state index >= 15 is 0 Å². The first-order valence-electron chi connectivity index (χ1n) is 2.37. The van der Waals surface area contributed by atoms with Crippen molar-refractivity contribution < 1.29 is 8.76 Å². The molecule has 0 fully saturated rings. The van der Waals surface area contributed by atoms with Gasteiger partial charge in [0.1, 0.15) is 4.21 Å². The molecule has 0 spiro atoms. The Morgan fingerprint density at radius 2 is 2.33 bits per heavy atom. The van der Waals surface area contributed by atoms with Crippen LogP contribution in [0.1, 0.15) is 4.88 Å². The molecule has 0 radical (unpaired) electrons. The predicted octanol–water partition coefficient (Wildman–Crippen LogP) is 1.64. The fourth-order valence-corrected chi connectivity index (χ4v) is 1.96. The van der Waals surface area contributed by atoms with Crippen LogP contribution in [0, 0.1) is 6.92 Å². The lowest BCUT2D eigenvalue weighted by Gasteiger charge is -1.81. The molecule has 0 aliphatic carbocycles. The SMILES string of the molecule is Cc1ccc(S(=O)O)s1. The van der Waals surface area contributed by atoms with E-state index in [2.05, 4.69) is 0 Å². The van der Waals surface area contributed by atoms with Gasteiger partial charge >= 0.3 is 0 Å². The van der Waals surface area contributed by atoms with Gasteiger partial charge in [-0.25, -0.2) is 4.21 Å². The molecule has 1 aromatic rings. The maximum absolute atomic E-state index is 10.3. The summed E-state index contributed by atoms with van der Waals surface area (Å²) in [5.41, 5.74) is 0. The Balaban J connectivity index is 2.98. The number of rotatable bonds is 1. The van der Waals surface area contributed by atoms with Gasteiger partial charge in [0.25, 0.3) is 0 Å². The van der Waals surface area contributed by atoms with Crippen molar-refractivity contribution in [1.29, 1.82) is 0 Å². The summed E-state index contributed by atoms with van der Waals surface area (Å²) in [6.07, 6.45) is 0. The van der Waals surface area contributed by atoms with Crippen LogP contribution < -0.4 is 0 Å². The molecule has 0 aliphatic heterocycles. The fourth-order valence-electron chi connectivity index (χ4n) is 0.506. The number of thiophene rings is 1. The Morgan fingerprint density at radius 3 is 2.56 bits per heavy atom. The van der Waals surface area contributed by atoms with Gasteiger partial charge in [-0.1, -0.05) is 0 Å². The van der Waals surface area contributed by atoms with Crippen molar-refractivity contribution >= 4 is 22.4 Å². The van der Waals surface area contributed by atoms with Crippen LogP contribution in [-0.4, -0.2) is 8.76 Å². The van der Waals surface area contributed by atoms with Gasteiger partial charge in [-0.3, -0.25) is 0 Å². The average molecular weight is 162 g/mol. The first kappa shape index (κ1) is 6.92. The van der Waals surface area contributed by atoms with Gasteiger partial charge < -0.3 is 4.55 Å². The first-order chi connectivity index (χ1) is 4.20. The summed E-state index contributed by atoms with van der Waals surface area (Å²) >= 11 is -0.444. The molecule has 1 atom stereocenters. The van der Waals surface area contributed by atoms with E-state index < -0.39 is 11.1 Å². The highest BCUT2D eigenvalue weighted by molar-refractivity contribution is 7.81. The molecule has 0 saturated heterocycles. The topological polar surface area (TPSA) is 37.3 Å². The molecule has 1 aromatic heterocycles. The molecular weight excluding hydrogens is 156 g/mol. The molecule has 0 amide bonds. The summed E-state index contributed by atoms with van der Waals surface area (Å²) in [5.74, 6) is 0. The second-order valence-electron chi connectivity index (χ2n) is 1.61. The lowest BCUT2D eigenvalue weighted by molar-refractivity contribution is 0.566. The zero-order chi connectivity index (χ0) is 6.85. The Morgan fingerprint density at radius 1 is 1.67 bits per heavy atom. The van der Waals surface area contributed by atoms with Gasteiger partial charge in [-0.15, -0.1) is 11.3 Å². The third-order valence-corrected chi connectivity index (χ3v) is 2.84. The van der Waals surface area contributed by atoms with Gasteiger partial charge in [0, 0.05) is 4.88 Å². The molecule has 50 valence electrons. The molecule has 1 heterocycles. The molecule has 1 unspecified atom stereocenters. The Labute approximate surface area is 59.8 Å². The molecule has 0 aliphatic rings. The van der Waals surface area contributed by atoms with Crippen LogP contribution in [0.5, 0.6) is 0 Å². The maximum atomic E-state index is 10.3. The van der Waals surface area contributed by atoms with Crippen LogP contribution >= 0.6 is 11.3 Å². The third kappa shape index (κ3) is 1.61. The van der Waals surface area contributed by atoms with Crippen LogP contribution in [0.15, 0.2) is 16.3 Å². The lowest BCUT2D eigenvalue weighted by Crippen LogP contribution is -1.79. The number of hydrogen-bond acceptors (Lipinski definition) is 2. The molecule has 1 N–H and O–H groups in total. The molecule has 9 heavy (non-hydrogen) atoms. The Kier molecular flexibility index (Phi) is 2.00. The van der Waals surface area contributed by atoms with Crippen molar-refractivity contribution in [2.75, 3.05) is 0 Å². The Hall–Kier alpha value is -0.190. The summed E-state index contributed by atoms with van der Waals surface area (Å²) in [6, 6.07) is 3.49. The van der Waals surface area contributed by atoms with Crippen LogP contribution in [0.3, 0.4) is 0 Å². The molecule has 2 nitrogen and oxygen atoms in total. The van der Waals surface area contributed by atoms with E-state index in [0.29, 0.717) is 4.21 Å². The van der Waals surface area contributed by atoms with Crippen molar-refractivity contribution in [3.63, 3.8) is 0 Å². The van der Waals surface area contributed by atoms with Crippen molar-refractivity contribution in [3.8, 4) is 0 Å². The average Bonchev–Trinajstić information content (AvgIpc) is 2.14. The fraction of sp³-hybridized carbons (Fsp3) is 0.200. The first-order valence-corrected chi connectivity index (χ1v) is 4.30. The van der Waals surface area contributed by atoms with E-state index in [1.807, 2.05) is 13.0 Å². The smallest absolute Gasteiger partial charge is 0.196 e. The van der Waals surface area contributed by atoms with Crippen molar-refractivity contribution in [2.45, 2.75) is 11.1 Å². The molecular formula is C5H6O2S2. The summed E-state index contributed by atoms with van der Waals surface area (Å²) in [6.45, 7) is 1.90. The molecule has 0 bridgehead atoms. The zero-order valence-electron chi connectivity index (χ0n) is 4.83. The van der Waals surface area contributed by atoms with E-state index in [4.69, 9.17) is 4.55 Å². The molecule has 4 heteroatoms. The summed E-state index contributed by atoms with van der Waals surface area (Å²) < 4.78 is 19.4. The van der Waals surface area contributed by atoms with Gasteiger partial charge in [-0.2, -0.15) is 0 Å². The van der Waals surface area contributed by atoms with E-state index in [1.165, 1.54) is 11.3 Å². The van der Waals surface area contributed by atoms with Crippen molar-refractivity contribution in [1.82, 2.24) is 0 Å². The highest BCUT2D eigenvalue weighted by atomic mass is 32.2. The monoisotopic (exact) mass is 162 g/mol. The zero-order valence-corrected chi connectivity index (χ0v) is 6.46. The lowest BCUT2D eigenvalue weighted by atomic mass is 10.5. The van der Waals surface area contributed by atoms with Crippen LogP contribution in [0.4, 0.5) is 0 Å². The molecule has 0 aromatic carbocycles. The van der Waals surface area contributed by atoms with E-state index in [9.17, 15) is 4.21 Å². The van der Waals surface area contributed by atoms with Gasteiger partial charge in [0.05, 0.1) is 0 Å². The standard InChI is InChI=1S/C5H6O2S2/c1-4-2-3-5(8-4)9(6)7/h2-3H,1H3,(H,6,7). The largest absolute Gasteiger partial charge is 0.302 e. The van der Waals surface area contributed by atoms with Gasteiger partial charge in [0.15, 0.2) is 11.1 Å². The number of hydrogen-bond donors (Lipinski definition) is 1. The summed E-state index contributed by atoms with van der Waals surface area (Å²) in [7, 11) is 0. The maximum Gasteiger partial charge on any atom is 0.196 e. The second kappa shape index (κ2) is 2.60. The minimum Gasteiger partial charge on any atom is -0.302 e. The second-order valence-corrected chi connectivity index (χ2v) is 4.10. The highest BCUT2D eigenvalue weighted by Gasteiger charge is 2.00. The summed E-state index contributed by atoms with van der Waals surface area (Å²) in [4.78, 5) is 1.06. The normalized spacial score (nSPS) is 13.6. The van der Waals surface area contributed by atoms with Gasteiger partial charge in [0.2, 0.25) is 0 Å². The van der Waals surface area contributed by atoms with E-state index in [0.717, 1.165) is 4.88 Å². The van der Waals surface area contributed by atoms with Crippen molar-refractivity contribution in [2.24, 2.45) is 0 Å². The van der Waals surface area contributed by atoms with Gasteiger partial charge in [-0.05, 0) is 19.1 Å². The minimum atomic E-state index is -1.79. The molecule has 1 rings (SSSR count). The van der Waals surface area contributed by atoms with Crippen molar-refractivity contribution in [3.05, 3.63) is 17.0 Å². The Bertz CT molecular complexity index is 229. The van der Waals surface area contributed by atoms with Crippen LogP contribution in [0.25, 0.3) is 0 Å². The predicted molar refractivity (Wildman–Crippen MR) is 38.1 cm³/mol.